The summed E-state index contributed by atoms with van der Waals surface area (Å²) in [6.07, 6.45) is 5.43. The summed E-state index contributed by atoms with van der Waals surface area (Å²) in [5.74, 6) is 2.18. The van der Waals surface area contributed by atoms with Gasteiger partial charge in [0.15, 0.2) is 17.2 Å². The molecule has 4 aromatic rings. The Hall–Kier alpha value is -4.05. The van der Waals surface area contributed by atoms with E-state index in [0.29, 0.717) is 67.4 Å². The molecule has 3 aromatic carbocycles. The van der Waals surface area contributed by atoms with Gasteiger partial charge >= 0.3 is 0 Å². The first-order valence-electron chi connectivity index (χ1n) is 13.0. The van der Waals surface area contributed by atoms with Gasteiger partial charge in [-0.3, -0.25) is 9.69 Å². The van der Waals surface area contributed by atoms with Crippen LogP contribution in [0.25, 0.3) is 0 Å². The number of benzene rings is 3. The van der Waals surface area contributed by atoms with Crippen LogP contribution in [0, 0.1) is 0 Å². The molecule has 1 N–H and O–H groups in total. The molecule has 0 spiro atoms. The third kappa shape index (κ3) is 7.32. The lowest BCUT2D eigenvalue weighted by atomic mass is 10.1. The van der Waals surface area contributed by atoms with E-state index in [2.05, 4.69) is 16.4 Å². The fraction of sp³-hybridized carbons (Fsp3) is 0.267. The number of carbonyl (C=O) groups excluding carboxylic acids is 1. The minimum absolute atomic E-state index is 0.144. The van der Waals surface area contributed by atoms with Crippen LogP contribution in [0.15, 0.2) is 79.4 Å². The number of methoxy groups -OCH3 is 1. The predicted molar refractivity (Wildman–Crippen MR) is 153 cm³/mol. The summed E-state index contributed by atoms with van der Waals surface area (Å²) in [5.41, 5.74) is 2.55. The van der Waals surface area contributed by atoms with Crippen molar-refractivity contribution in [3.63, 3.8) is 0 Å². The molecule has 5 rings (SSSR count). The highest BCUT2D eigenvalue weighted by Crippen LogP contribution is 2.36. The number of para-hydroxylation sites is 2. The summed E-state index contributed by atoms with van der Waals surface area (Å²) in [7, 11) is 1.66. The maximum Gasteiger partial charge on any atom is 0.238 e. The molecule has 1 aromatic heterocycles. The number of imidazole rings is 1. The van der Waals surface area contributed by atoms with Gasteiger partial charge in [0, 0.05) is 36.1 Å². The molecule has 10 heteroatoms. The summed E-state index contributed by atoms with van der Waals surface area (Å²) in [6.45, 7) is 3.06. The topological polar surface area (TPSA) is 87.1 Å². The highest BCUT2D eigenvalue weighted by molar-refractivity contribution is 6.31. The molecule has 0 atom stereocenters. The Morgan fingerprint density at radius 2 is 1.88 bits per heavy atom. The van der Waals surface area contributed by atoms with E-state index in [0.717, 1.165) is 16.9 Å². The first-order valence-corrected chi connectivity index (χ1v) is 13.4. The van der Waals surface area contributed by atoms with E-state index in [1.165, 1.54) is 0 Å². The highest BCUT2D eigenvalue weighted by Gasteiger charge is 2.17. The Morgan fingerprint density at radius 1 is 1.00 bits per heavy atom. The first kappa shape index (κ1) is 27.5. The second-order valence-corrected chi connectivity index (χ2v) is 9.73. The summed E-state index contributed by atoms with van der Waals surface area (Å²) in [6, 6.07) is 18.6. The zero-order valence-corrected chi connectivity index (χ0v) is 23.0. The van der Waals surface area contributed by atoms with Crippen LogP contribution in [0.3, 0.4) is 0 Å². The molecule has 0 fully saturated rings. The minimum atomic E-state index is -0.196. The second-order valence-electron chi connectivity index (χ2n) is 9.29. The monoisotopic (exact) mass is 562 g/mol. The summed E-state index contributed by atoms with van der Waals surface area (Å²) < 4.78 is 25.5. The van der Waals surface area contributed by atoms with E-state index in [4.69, 9.17) is 30.5 Å². The fourth-order valence-corrected chi connectivity index (χ4v) is 4.64. The van der Waals surface area contributed by atoms with Gasteiger partial charge in [-0.25, -0.2) is 4.98 Å². The number of aromatic nitrogens is 2. The molecule has 9 nitrogen and oxygen atoms in total. The van der Waals surface area contributed by atoms with Gasteiger partial charge < -0.3 is 28.8 Å². The van der Waals surface area contributed by atoms with E-state index in [1.54, 1.807) is 37.8 Å². The standard InChI is InChI=1S/C30H31ClN4O5/c1-37-26-8-6-22(16-23(26)19-35-11-10-32-21-35)18-34-12-13-38-14-15-39-28-4-2-3-5-29(28)40-27-9-7-24(31)17-25(27)33-30(36)20-34/h2-11,16-17,21H,12-15,18-20H2,1H3,(H,33,36). The summed E-state index contributed by atoms with van der Waals surface area (Å²) in [4.78, 5) is 19.4. The maximum absolute atomic E-state index is 13.3. The highest BCUT2D eigenvalue weighted by atomic mass is 35.5. The number of hydrogen-bond donors (Lipinski definition) is 1. The van der Waals surface area contributed by atoms with Gasteiger partial charge in [0.25, 0.3) is 0 Å². The van der Waals surface area contributed by atoms with Crippen molar-refractivity contribution in [2.45, 2.75) is 13.1 Å². The molecule has 0 bridgehead atoms. The normalized spacial score (nSPS) is 14.9. The van der Waals surface area contributed by atoms with Gasteiger partial charge in [-0.1, -0.05) is 29.8 Å². The molecule has 2 heterocycles. The third-order valence-electron chi connectivity index (χ3n) is 6.35. The largest absolute Gasteiger partial charge is 0.496 e. The van der Waals surface area contributed by atoms with Crippen molar-refractivity contribution in [3.05, 3.63) is 95.5 Å². The van der Waals surface area contributed by atoms with Crippen LogP contribution in [0.2, 0.25) is 5.02 Å². The molecule has 0 aliphatic carbocycles. The van der Waals surface area contributed by atoms with Crippen LogP contribution in [0.4, 0.5) is 5.69 Å². The van der Waals surface area contributed by atoms with Crippen LogP contribution in [-0.2, 0) is 22.6 Å². The number of nitrogens with one attached hydrogen (secondary N) is 1. The van der Waals surface area contributed by atoms with Crippen molar-refractivity contribution in [1.82, 2.24) is 14.5 Å². The van der Waals surface area contributed by atoms with E-state index >= 15 is 0 Å². The van der Waals surface area contributed by atoms with Gasteiger partial charge in [-0.2, -0.15) is 0 Å². The van der Waals surface area contributed by atoms with Crippen molar-refractivity contribution >= 4 is 23.2 Å². The quantitative estimate of drug-likeness (QED) is 0.356. The van der Waals surface area contributed by atoms with Crippen molar-refractivity contribution in [2.24, 2.45) is 0 Å². The molecular weight excluding hydrogens is 532 g/mol. The van der Waals surface area contributed by atoms with Crippen molar-refractivity contribution in [1.29, 1.82) is 0 Å². The second kappa shape index (κ2) is 13.3. The smallest absolute Gasteiger partial charge is 0.238 e. The SMILES string of the molecule is COc1ccc(CN2CCOCCOc3ccccc3Oc3ccc(Cl)cc3NC(=O)C2)cc1Cn1ccnc1. The van der Waals surface area contributed by atoms with Gasteiger partial charge in [0.05, 0.1) is 45.4 Å². The van der Waals surface area contributed by atoms with Gasteiger partial charge in [0.1, 0.15) is 12.4 Å². The van der Waals surface area contributed by atoms with Gasteiger partial charge in [-0.05, 0) is 48.0 Å². The molecule has 0 radical (unpaired) electrons. The van der Waals surface area contributed by atoms with Crippen LogP contribution in [-0.4, -0.2) is 60.4 Å². The van der Waals surface area contributed by atoms with Crippen LogP contribution >= 0.6 is 11.6 Å². The molecule has 208 valence electrons. The van der Waals surface area contributed by atoms with E-state index in [1.807, 2.05) is 52.1 Å². The lowest BCUT2D eigenvalue weighted by molar-refractivity contribution is -0.117. The number of rotatable bonds is 5. The Bertz CT molecular complexity index is 1430. The lowest BCUT2D eigenvalue weighted by Crippen LogP contribution is -2.35. The summed E-state index contributed by atoms with van der Waals surface area (Å²) in [5, 5.41) is 3.46. The molecule has 40 heavy (non-hydrogen) atoms. The average Bonchev–Trinajstić information content (AvgIpc) is 3.45. The van der Waals surface area contributed by atoms with Crippen LogP contribution < -0.4 is 19.5 Å². The average molecular weight is 563 g/mol. The molecule has 1 aliphatic rings. The van der Waals surface area contributed by atoms with Crippen LogP contribution in [0.5, 0.6) is 23.0 Å². The third-order valence-corrected chi connectivity index (χ3v) is 6.59. The molecule has 1 aliphatic heterocycles. The van der Waals surface area contributed by atoms with Crippen molar-refractivity contribution in [2.75, 3.05) is 45.3 Å². The van der Waals surface area contributed by atoms with Gasteiger partial charge in [-0.15, -0.1) is 0 Å². The van der Waals surface area contributed by atoms with E-state index in [-0.39, 0.29) is 12.5 Å². The van der Waals surface area contributed by atoms with E-state index < -0.39 is 0 Å². The van der Waals surface area contributed by atoms with Crippen molar-refractivity contribution in [3.8, 4) is 23.0 Å². The lowest BCUT2D eigenvalue weighted by Gasteiger charge is -2.23. The summed E-state index contributed by atoms with van der Waals surface area (Å²) >= 11 is 6.27. The molecule has 1 amide bonds. The molecule has 0 saturated heterocycles. The van der Waals surface area contributed by atoms with E-state index in [9.17, 15) is 4.79 Å². The number of hydrogen-bond acceptors (Lipinski definition) is 7. The number of fused-ring (bicyclic) bond motifs is 2. The Labute approximate surface area is 238 Å². The number of carbonyl (C=O) groups is 1. The Balaban J connectivity index is 1.36. The number of amides is 1. The van der Waals surface area contributed by atoms with Crippen LogP contribution in [0.1, 0.15) is 11.1 Å². The zero-order chi connectivity index (χ0) is 27.7. The predicted octanol–water partition coefficient (Wildman–Crippen LogP) is 5.24. The Morgan fingerprint density at radius 3 is 2.70 bits per heavy atom. The number of halogens is 1. The maximum atomic E-state index is 13.3. The molecule has 0 unspecified atom stereocenters. The number of nitrogens with zero attached hydrogens (tertiary/aromatic N) is 3. The van der Waals surface area contributed by atoms with Gasteiger partial charge in [0.2, 0.25) is 5.91 Å². The minimum Gasteiger partial charge on any atom is -0.496 e. The first-order chi connectivity index (χ1) is 19.6. The Kier molecular flexibility index (Phi) is 9.18. The molecular formula is C30H31ClN4O5. The number of ether oxygens (including phenoxy) is 4. The zero-order valence-electron chi connectivity index (χ0n) is 22.2. The van der Waals surface area contributed by atoms with Crippen molar-refractivity contribution < 1.29 is 23.7 Å². The fourth-order valence-electron chi connectivity index (χ4n) is 4.46. The number of anilines is 1. The molecule has 0 saturated carbocycles.